The predicted octanol–water partition coefficient (Wildman–Crippen LogP) is 10.0. The van der Waals surface area contributed by atoms with E-state index >= 15 is 0 Å². The Morgan fingerprint density at radius 3 is 2.32 bits per heavy atom. The Morgan fingerprint density at radius 2 is 1.68 bits per heavy atom. The Labute approximate surface area is 297 Å². The maximum absolute atomic E-state index is 14.2. The maximum atomic E-state index is 14.2. The summed E-state index contributed by atoms with van der Waals surface area (Å²) < 4.78 is 13.6. The number of hydrogen-bond acceptors (Lipinski definition) is 5. The van der Waals surface area contributed by atoms with Crippen molar-refractivity contribution in [3.8, 4) is 0 Å². The molecule has 0 saturated heterocycles. The number of aliphatic hydroxyl groups is 1. The van der Waals surface area contributed by atoms with Crippen LogP contribution in [-0.2, 0) is 14.3 Å². The van der Waals surface area contributed by atoms with Crippen LogP contribution in [0.25, 0.3) is 0 Å². The molecule has 0 aliphatic heterocycles. The molecular formula is C41H57IO5. The van der Waals surface area contributed by atoms with Crippen LogP contribution >= 0.6 is 22.6 Å². The third-order valence-corrected chi connectivity index (χ3v) is 15.3. The van der Waals surface area contributed by atoms with Gasteiger partial charge in [-0.05, 0) is 150 Å². The van der Waals surface area contributed by atoms with Gasteiger partial charge >= 0.3 is 5.97 Å². The van der Waals surface area contributed by atoms with Crippen LogP contribution in [0.1, 0.15) is 117 Å². The molecule has 1 aromatic rings. The van der Waals surface area contributed by atoms with Gasteiger partial charge in [-0.3, -0.25) is 4.79 Å². The zero-order valence-electron chi connectivity index (χ0n) is 30.0. The van der Waals surface area contributed by atoms with E-state index in [0.717, 1.165) is 24.8 Å². The summed E-state index contributed by atoms with van der Waals surface area (Å²) in [6.07, 6.45) is 6.36. The minimum atomic E-state index is -0.472. The summed E-state index contributed by atoms with van der Waals surface area (Å²) in [5.74, 6) is 2.05. The van der Waals surface area contributed by atoms with E-state index in [1.54, 1.807) is 12.1 Å². The molecule has 6 heteroatoms. The number of ether oxygens (including phenoxy) is 2. The Bertz CT molecular complexity index is 1440. The van der Waals surface area contributed by atoms with Crippen LogP contribution in [0.3, 0.4) is 0 Å². The number of fused-ring (bicyclic) bond motifs is 5. The van der Waals surface area contributed by atoms with Crippen molar-refractivity contribution >= 4 is 34.3 Å². The van der Waals surface area contributed by atoms with E-state index in [1.165, 1.54) is 22.0 Å². The van der Waals surface area contributed by atoms with Gasteiger partial charge in [0, 0.05) is 11.1 Å². The Balaban J connectivity index is 1.58. The van der Waals surface area contributed by atoms with E-state index < -0.39 is 12.1 Å². The topological polar surface area (TPSA) is 72.8 Å². The minimum absolute atomic E-state index is 0.0417. The van der Waals surface area contributed by atoms with Crippen LogP contribution in [0, 0.1) is 45.8 Å². The Hall–Kier alpha value is -1.93. The molecule has 0 radical (unpaired) electrons. The average molecular weight is 757 g/mol. The lowest BCUT2D eigenvalue weighted by Crippen LogP contribution is -2.65. The van der Waals surface area contributed by atoms with Crippen molar-refractivity contribution in [1.82, 2.24) is 0 Å². The van der Waals surface area contributed by atoms with Crippen molar-refractivity contribution in [1.29, 1.82) is 0 Å². The normalized spacial score (nSPS) is 38.7. The van der Waals surface area contributed by atoms with Gasteiger partial charge in [0.25, 0.3) is 0 Å². The lowest BCUT2D eigenvalue weighted by atomic mass is 9.36. The standard InChI is InChI=1S/C41H57IO5/c1-24(2)32(42)16-15-29(38(45)46-23-34(44)28-13-11-10-12-14-28)36-31-21-33(43)37-39(7)19-17-26(5)27(6)30(39)18-20-40(37,8)41(31,9)22-35(36)47-25(3)4/h10-14,26-27,30-31,33,35,37,43H,3,15-23H2,1-2,4-9H3/b36-29-/t26-,27+,30+,31+,33-,35?,37+,39+,40+,41+/m1/s1. The molecule has 4 fully saturated rings. The number of allylic oxidation sites excluding steroid dienone is 3. The van der Waals surface area contributed by atoms with Crippen LogP contribution in [0.4, 0.5) is 0 Å². The molecule has 0 spiro atoms. The van der Waals surface area contributed by atoms with Crippen molar-refractivity contribution in [3.63, 3.8) is 0 Å². The second-order valence-corrected chi connectivity index (χ2v) is 17.7. The fourth-order valence-corrected chi connectivity index (χ4v) is 11.2. The van der Waals surface area contributed by atoms with Crippen LogP contribution in [0.2, 0.25) is 0 Å². The fraction of sp³-hybridized carbons (Fsp3) is 0.659. The van der Waals surface area contributed by atoms with Gasteiger partial charge in [0.1, 0.15) is 6.10 Å². The summed E-state index contributed by atoms with van der Waals surface area (Å²) in [5.41, 5.74) is 3.06. The molecular weight excluding hydrogens is 699 g/mol. The van der Waals surface area contributed by atoms with Gasteiger partial charge in [-0.2, -0.15) is 0 Å². The van der Waals surface area contributed by atoms with Crippen molar-refractivity contribution in [2.45, 2.75) is 119 Å². The number of ketones is 1. The first-order valence-electron chi connectivity index (χ1n) is 17.9. The summed E-state index contributed by atoms with van der Waals surface area (Å²) in [4.78, 5) is 27.2. The monoisotopic (exact) mass is 756 g/mol. The van der Waals surface area contributed by atoms with Crippen molar-refractivity contribution in [2.75, 3.05) is 6.61 Å². The number of rotatable bonds is 9. The third-order valence-electron chi connectivity index (χ3n) is 13.7. The first-order valence-corrected chi connectivity index (χ1v) is 18.9. The summed E-state index contributed by atoms with van der Waals surface area (Å²) in [6.45, 7) is 22.1. The minimum Gasteiger partial charge on any atom is -0.491 e. The van der Waals surface area contributed by atoms with E-state index in [-0.39, 0.29) is 46.6 Å². The van der Waals surface area contributed by atoms with Crippen molar-refractivity contribution < 1.29 is 24.2 Å². The molecule has 1 N–H and O–H groups in total. The molecule has 0 heterocycles. The highest BCUT2D eigenvalue weighted by molar-refractivity contribution is 14.1. The molecule has 1 aromatic carbocycles. The van der Waals surface area contributed by atoms with Crippen molar-refractivity contribution in [3.05, 3.63) is 68.5 Å². The van der Waals surface area contributed by atoms with E-state index in [9.17, 15) is 14.7 Å². The lowest BCUT2D eigenvalue weighted by Gasteiger charge is -2.69. The zero-order chi connectivity index (χ0) is 34.5. The Kier molecular flexibility index (Phi) is 10.6. The highest BCUT2D eigenvalue weighted by Gasteiger charge is 2.70. The van der Waals surface area contributed by atoms with Gasteiger partial charge in [0.15, 0.2) is 12.4 Å². The number of carbonyl (C=O) groups excluding carboxylic acids is 2. The van der Waals surface area contributed by atoms with Gasteiger partial charge in [0.2, 0.25) is 0 Å². The van der Waals surface area contributed by atoms with Crippen LogP contribution in [-0.4, -0.2) is 35.7 Å². The number of Topliss-reactive ketones (excluding diaryl/α,β-unsaturated/α-hetero) is 1. The number of carbonyl (C=O) groups is 2. The Morgan fingerprint density at radius 1 is 1.00 bits per heavy atom. The van der Waals surface area contributed by atoms with Crippen molar-refractivity contribution in [2.24, 2.45) is 45.8 Å². The molecule has 4 aliphatic carbocycles. The van der Waals surface area contributed by atoms with Crippen LogP contribution in [0.5, 0.6) is 0 Å². The number of aliphatic hydroxyl groups excluding tert-OH is 1. The molecule has 10 atom stereocenters. The number of hydrogen-bond donors (Lipinski definition) is 1. The number of halogens is 1. The highest BCUT2D eigenvalue weighted by Crippen LogP contribution is 2.74. The lowest BCUT2D eigenvalue weighted by molar-refractivity contribution is -0.229. The quantitative estimate of drug-likeness (QED) is 0.0893. The predicted molar refractivity (Wildman–Crippen MR) is 197 cm³/mol. The third kappa shape index (κ3) is 6.44. The molecule has 0 aromatic heterocycles. The number of esters is 1. The molecule has 5 rings (SSSR count). The van der Waals surface area contributed by atoms with E-state index in [0.29, 0.717) is 53.9 Å². The van der Waals surface area contributed by atoms with Crippen LogP contribution < -0.4 is 0 Å². The van der Waals surface area contributed by atoms with E-state index in [4.69, 9.17) is 9.47 Å². The zero-order valence-corrected chi connectivity index (χ0v) is 32.1. The first-order chi connectivity index (χ1) is 22.0. The maximum Gasteiger partial charge on any atom is 0.334 e. The summed E-state index contributed by atoms with van der Waals surface area (Å²) in [7, 11) is 0. The van der Waals surface area contributed by atoms with E-state index in [2.05, 4.69) is 77.6 Å². The largest absolute Gasteiger partial charge is 0.491 e. The summed E-state index contributed by atoms with van der Waals surface area (Å²) >= 11 is 2.37. The van der Waals surface area contributed by atoms with Gasteiger partial charge in [-0.25, -0.2) is 4.79 Å². The molecule has 1 unspecified atom stereocenters. The second-order valence-electron chi connectivity index (χ2n) is 16.4. The average Bonchev–Trinajstić information content (AvgIpc) is 3.29. The second kappa shape index (κ2) is 13.8. The number of benzene rings is 1. The fourth-order valence-electron chi connectivity index (χ4n) is 10.9. The summed E-state index contributed by atoms with van der Waals surface area (Å²) in [6, 6.07) is 8.98. The molecule has 47 heavy (non-hydrogen) atoms. The highest BCUT2D eigenvalue weighted by atomic mass is 127. The SMILES string of the molecule is C=C(C)OC1C[C@@]2(C)[C@@H](C[C@@H](O)[C@H]3[C@@]4(C)CC[C@@H](C)[C@H](C)[C@@H]4CC[C@@]32C)/C1=C(\CCC(I)=C(C)C)C(=O)OCC(=O)c1ccccc1. The molecule has 4 aliphatic rings. The molecule has 0 bridgehead atoms. The molecule has 258 valence electrons. The van der Waals surface area contributed by atoms with Crippen LogP contribution in [0.15, 0.2) is 63.0 Å². The van der Waals surface area contributed by atoms with Gasteiger partial charge in [-0.1, -0.05) is 77.1 Å². The van der Waals surface area contributed by atoms with Gasteiger partial charge < -0.3 is 14.6 Å². The molecule has 4 saturated carbocycles. The van der Waals surface area contributed by atoms with Gasteiger partial charge in [-0.15, -0.1) is 0 Å². The molecule has 0 amide bonds. The van der Waals surface area contributed by atoms with Gasteiger partial charge in [0.05, 0.1) is 11.9 Å². The smallest absolute Gasteiger partial charge is 0.334 e. The first kappa shape index (κ1) is 36.4. The summed E-state index contributed by atoms with van der Waals surface area (Å²) in [5, 5.41) is 12.3. The molecule has 5 nitrogen and oxygen atoms in total. The van der Waals surface area contributed by atoms with E-state index in [1.807, 2.05) is 25.1 Å².